The molecule has 1 amide bonds. The van der Waals surface area contributed by atoms with Gasteiger partial charge in [-0.2, -0.15) is 0 Å². The number of ether oxygens (including phenoxy) is 1. The quantitative estimate of drug-likeness (QED) is 0.519. The molecule has 0 unspecified atom stereocenters. The van der Waals surface area contributed by atoms with Crippen molar-refractivity contribution in [2.24, 2.45) is 0 Å². The Bertz CT molecular complexity index is 978. The molecule has 3 rings (SSSR count). The van der Waals surface area contributed by atoms with Crippen molar-refractivity contribution in [1.29, 1.82) is 0 Å². The maximum absolute atomic E-state index is 13.1. The number of carbonyl (C=O) groups excluding carboxylic acids is 1. The van der Waals surface area contributed by atoms with Crippen LogP contribution in [0.1, 0.15) is 60.5 Å². The van der Waals surface area contributed by atoms with Crippen molar-refractivity contribution in [3.05, 3.63) is 101 Å². The van der Waals surface area contributed by atoms with Crippen molar-refractivity contribution in [3.63, 3.8) is 0 Å². The highest BCUT2D eigenvalue weighted by atomic mass is 16.5. The number of nitrogens with one attached hydrogen (secondary N) is 1. The van der Waals surface area contributed by atoms with Crippen molar-refractivity contribution in [2.75, 3.05) is 0 Å². The van der Waals surface area contributed by atoms with Gasteiger partial charge in [0, 0.05) is 0 Å². The standard InChI is InChI=1S/C27H31NO2/c1-18(2)24-16-13-20(4)17-25(24)30-21(5)27(29)28-26(22-9-7-6-8-10-22)23-14-11-19(3)12-15-23/h6-18,21,26H,1-5H3,(H,28,29)/t21-,26+/m1/s1. The molecule has 30 heavy (non-hydrogen) atoms. The van der Waals surface area contributed by atoms with Gasteiger partial charge in [-0.3, -0.25) is 4.79 Å². The van der Waals surface area contributed by atoms with Crippen LogP contribution < -0.4 is 10.1 Å². The fourth-order valence-electron chi connectivity index (χ4n) is 3.49. The predicted molar refractivity (Wildman–Crippen MR) is 123 cm³/mol. The first kappa shape index (κ1) is 21.6. The summed E-state index contributed by atoms with van der Waals surface area (Å²) in [7, 11) is 0. The van der Waals surface area contributed by atoms with Gasteiger partial charge in [0.25, 0.3) is 5.91 Å². The van der Waals surface area contributed by atoms with Crippen molar-refractivity contribution in [1.82, 2.24) is 5.32 Å². The van der Waals surface area contributed by atoms with Gasteiger partial charge in [0.05, 0.1) is 6.04 Å². The van der Waals surface area contributed by atoms with E-state index in [1.54, 1.807) is 6.92 Å². The fourth-order valence-corrected chi connectivity index (χ4v) is 3.49. The van der Waals surface area contributed by atoms with Gasteiger partial charge >= 0.3 is 0 Å². The molecule has 0 saturated carbocycles. The van der Waals surface area contributed by atoms with Gasteiger partial charge in [-0.15, -0.1) is 0 Å². The molecule has 0 aromatic heterocycles. The Labute approximate surface area is 180 Å². The number of amides is 1. The van der Waals surface area contributed by atoms with Crippen LogP contribution in [0.4, 0.5) is 0 Å². The number of rotatable bonds is 7. The zero-order valence-corrected chi connectivity index (χ0v) is 18.5. The molecule has 3 aromatic carbocycles. The van der Waals surface area contributed by atoms with E-state index in [1.165, 1.54) is 5.56 Å². The average molecular weight is 402 g/mol. The highest BCUT2D eigenvalue weighted by Crippen LogP contribution is 2.29. The summed E-state index contributed by atoms with van der Waals surface area (Å²) in [6.45, 7) is 10.2. The highest BCUT2D eigenvalue weighted by Gasteiger charge is 2.23. The molecular weight excluding hydrogens is 370 g/mol. The lowest BCUT2D eigenvalue weighted by Gasteiger charge is -2.24. The van der Waals surface area contributed by atoms with Crippen LogP contribution in [0.25, 0.3) is 0 Å². The van der Waals surface area contributed by atoms with E-state index in [2.05, 4.69) is 62.5 Å². The third kappa shape index (κ3) is 5.29. The van der Waals surface area contributed by atoms with E-state index in [4.69, 9.17) is 4.74 Å². The van der Waals surface area contributed by atoms with Gasteiger partial charge in [-0.05, 0) is 55.0 Å². The number of benzene rings is 3. The first-order valence-electron chi connectivity index (χ1n) is 10.5. The summed E-state index contributed by atoms with van der Waals surface area (Å²) in [5.74, 6) is 0.959. The van der Waals surface area contributed by atoms with E-state index < -0.39 is 6.10 Å². The topological polar surface area (TPSA) is 38.3 Å². The van der Waals surface area contributed by atoms with Gasteiger partial charge in [0.15, 0.2) is 6.10 Å². The Kier molecular flexibility index (Phi) is 6.94. The fraction of sp³-hybridized carbons (Fsp3) is 0.296. The minimum atomic E-state index is -0.610. The van der Waals surface area contributed by atoms with Crippen LogP contribution in [-0.4, -0.2) is 12.0 Å². The molecule has 0 bridgehead atoms. The number of aryl methyl sites for hydroxylation is 2. The van der Waals surface area contributed by atoms with Crippen LogP contribution in [0.2, 0.25) is 0 Å². The van der Waals surface area contributed by atoms with Gasteiger partial charge < -0.3 is 10.1 Å². The Balaban J connectivity index is 1.82. The van der Waals surface area contributed by atoms with E-state index in [0.717, 1.165) is 28.0 Å². The maximum atomic E-state index is 13.1. The highest BCUT2D eigenvalue weighted by molar-refractivity contribution is 5.81. The lowest BCUT2D eigenvalue weighted by Crippen LogP contribution is -2.39. The molecule has 0 aliphatic heterocycles. The molecule has 0 heterocycles. The molecule has 3 nitrogen and oxygen atoms in total. The first-order chi connectivity index (χ1) is 14.3. The Morgan fingerprint density at radius 2 is 1.40 bits per heavy atom. The third-order valence-corrected chi connectivity index (χ3v) is 5.29. The van der Waals surface area contributed by atoms with Crippen molar-refractivity contribution < 1.29 is 9.53 Å². The molecule has 0 radical (unpaired) electrons. The minimum absolute atomic E-state index is 0.138. The first-order valence-corrected chi connectivity index (χ1v) is 10.5. The van der Waals surface area contributed by atoms with Crippen LogP contribution in [0, 0.1) is 13.8 Å². The molecule has 0 saturated heterocycles. The molecule has 2 atom stereocenters. The zero-order chi connectivity index (χ0) is 21.7. The summed E-state index contributed by atoms with van der Waals surface area (Å²) in [5.41, 5.74) is 5.50. The Morgan fingerprint density at radius 3 is 2.03 bits per heavy atom. The molecule has 3 aromatic rings. The summed E-state index contributed by atoms with van der Waals surface area (Å²) in [5, 5.41) is 3.19. The zero-order valence-electron chi connectivity index (χ0n) is 18.5. The molecule has 0 aliphatic carbocycles. The third-order valence-electron chi connectivity index (χ3n) is 5.29. The van der Waals surface area contributed by atoms with E-state index in [9.17, 15) is 4.79 Å². The van der Waals surface area contributed by atoms with Crippen LogP contribution in [0.3, 0.4) is 0 Å². The summed E-state index contributed by atoms with van der Waals surface area (Å²) >= 11 is 0. The van der Waals surface area contributed by atoms with E-state index in [-0.39, 0.29) is 11.9 Å². The lowest BCUT2D eigenvalue weighted by molar-refractivity contribution is -0.127. The van der Waals surface area contributed by atoms with Crippen molar-refractivity contribution >= 4 is 5.91 Å². The van der Waals surface area contributed by atoms with Gasteiger partial charge in [0.1, 0.15) is 5.75 Å². The van der Waals surface area contributed by atoms with Crippen molar-refractivity contribution in [3.8, 4) is 5.75 Å². The monoisotopic (exact) mass is 401 g/mol. The average Bonchev–Trinajstić information content (AvgIpc) is 2.73. The largest absolute Gasteiger partial charge is 0.481 e. The minimum Gasteiger partial charge on any atom is -0.481 e. The van der Waals surface area contributed by atoms with Crippen LogP contribution in [-0.2, 0) is 4.79 Å². The van der Waals surface area contributed by atoms with E-state index >= 15 is 0 Å². The molecule has 3 heteroatoms. The maximum Gasteiger partial charge on any atom is 0.261 e. The van der Waals surface area contributed by atoms with Gasteiger partial charge in [-0.25, -0.2) is 0 Å². The molecule has 0 fully saturated rings. The smallest absolute Gasteiger partial charge is 0.261 e. The lowest BCUT2D eigenvalue weighted by atomic mass is 9.97. The second kappa shape index (κ2) is 9.62. The van der Waals surface area contributed by atoms with Crippen LogP contribution >= 0.6 is 0 Å². The number of hydrogen-bond donors (Lipinski definition) is 1. The van der Waals surface area contributed by atoms with E-state index in [0.29, 0.717) is 5.92 Å². The van der Waals surface area contributed by atoms with Crippen molar-refractivity contribution in [2.45, 2.75) is 52.7 Å². The molecular formula is C27H31NO2. The summed E-state index contributed by atoms with van der Waals surface area (Å²) in [6.07, 6.45) is -0.610. The molecule has 1 N–H and O–H groups in total. The van der Waals surface area contributed by atoms with Gasteiger partial charge in [-0.1, -0.05) is 86.1 Å². The normalized spacial score (nSPS) is 13.0. The second-order valence-electron chi connectivity index (χ2n) is 8.22. The van der Waals surface area contributed by atoms with Gasteiger partial charge in [0.2, 0.25) is 0 Å². The summed E-state index contributed by atoms with van der Waals surface area (Å²) in [4.78, 5) is 13.1. The number of hydrogen-bond acceptors (Lipinski definition) is 2. The van der Waals surface area contributed by atoms with Crippen LogP contribution in [0.5, 0.6) is 5.75 Å². The summed E-state index contributed by atoms with van der Waals surface area (Å²) in [6, 6.07) is 24.2. The summed E-state index contributed by atoms with van der Waals surface area (Å²) < 4.78 is 6.13. The van der Waals surface area contributed by atoms with Crippen LogP contribution in [0.15, 0.2) is 72.8 Å². The Morgan fingerprint density at radius 1 is 0.800 bits per heavy atom. The van der Waals surface area contributed by atoms with E-state index in [1.807, 2.05) is 43.3 Å². The molecule has 0 spiro atoms. The second-order valence-corrected chi connectivity index (χ2v) is 8.22. The molecule has 0 aliphatic rings. The predicted octanol–water partition coefficient (Wildman–Crippen LogP) is 6.10. The number of carbonyl (C=O) groups is 1. The SMILES string of the molecule is Cc1ccc([C@@H](NC(=O)[C@@H](C)Oc2cc(C)ccc2C(C)C)c2ccccc2)cc1. The Hall–Kier alpha value is -3.07. The molecule has 156 valence electrons.